The lowest BCUT2D eigenvalue weighted by Crippen LogP contribution is -2.14. The highest BCUT2D eigenvalue weighted by Gasteiger charge is 2.06. The van der Waals surface area contributed by atoms with Gasteiger partial charge < -0.3 is 5.32 Å². The molecule has 1 heterocycles. The molecule has 0 atom stereocenters. The number of rotatable bonds is 5. The molecule has 0 bridgehead atoms. The van der Waals surface area contributed by atoms with E-state index >= 15 is 0 Å². The summed E-state index contributed by atoms with van der Waals surface area (Å²) in [5, 5.41) is 7.37. The third-order valence-corrected chi connectivity index (χ3v) is 2.73. The topological polar surface area (TPSA) is 29.9 Å². The van der Waals surface area contributed by atoms with Gasteiger partial charge >= 0.3 is 0 Å². The highest BCUT2D eigenvalue weighted by atomic mass is 19.1. The van der Waals surface area contributed by atoms with Crippen molar-refractivity contribution in [1.82, 2.24) is 15.1 Å². The SMILES string of the molecule is CCCNCc1ccc(-n2cc(C)cn2)c(F)c1. The zero-order valence-corrected chi connectivity index (χ0v) is 10.8. The van der Waals surface area contributed by atoms with Crippen LogP contribution in [0.5, 0.6) is 0 Å². The average molecular weight is 247 g/mol. The molecule has 0 saturated carbocycles. The maximum Gasteiger partial charge on any atom is 0.149 e. The van der Waals surface area contributed by atoms with Gasteiger partial charge in [-0.2, -0.15) is 5.10 Å². The lowest BCUT2D eigenvalue weighted by atomic mass is 10.2. The van der Waals surface area contributed by atoms with Gasteiger partial charge in [0.25, 0.3) is 0 Å². The molecular formula is C14H18FN3. The van der Waals surface area contributed by atoms with E-state index in [2.05, 4.69) is 17.3 Å². The minimum atomic E-state index is -0.242. The molecule has 0 aliphatic carbocycles. The van der Waals surface area contributed by atoms with Gasteiger partial charge in [0.15, 0.2) is 0 Å². The Labute approximate surface area is 107 Å². The molecule has 0 radical (unpaired) electrons. The molecule has 3 nitrogen and oxygen atoms in total. The first-order chi connectivity index (χ1) is 8.70. The molecule has 0 amide bonds. The Bertz CT molecular complexity index is 520. The molecule has 1 N–H and O–H groups in total. The Hall–Kier alpha value is -1.68. The summed E-state index contributed by atoms with van der Waals surface area (Å²) < 4.78 is 15.5. The Morgan fingerprint density at radius 1 is 1.39 bits per heavy atom. The number of halogens is 1. The van der Waals surface area contributed by atoms with Gasteiger partial charge in [0, 0.05) is 12.7 Å². The van der Waals surface area contributed by atoms with Crippen LogP contribution in [0.1, 0.15) is 24.5 Å². The van der Waals surface area contributed by atoms with Crippen LogP contribution in [0.15, 0.2) is 30.6 Å². The van der Waals surface area contributed by atoms with Crippen molar-refractivity contribution < 1.29 is 4.39 Å². The summed E-state index contributed by atoms with van der Waals surface area (Å²) in [6.45, 7) is 5.69. The standard InChI is InChI=1S/C14H18FN3/c1-3-6-16-9-12-4-5-14(13(15)7-12)18-10-11(2)8-17-18/h4-5,7-8,10,16H,3,6,9H2,1-2H3. The molecule has 2 aromatic rings. The van der Waals surface area contributed by atoms with E-state index < -0.39 is 0 Å². The monoisotopic (exact) mass is 247 g/mol. The van der Waals surface area contributed by atoms with E-state index in [0.29, 0.717) is 12.2 Å². The van der Waals surface area contributed by atoms with Gasteiger partial charge in [-0.1, -0.05) is 13.0 Å². The first-order valence-corrected chi connectivity index (χ1v) is 6.21. The van der Waals surface area contributed by atoms with Crippen LogP contribution in [0, 0.1) is 12.7 Å². The predicted molar refractivity (Wildman–Crippen MR) is 70.3 cm³/mol. The highest BCUT2D eigenvalue weighted by molar-refractivity contribution is 5.36. The van der Waals surface area contributed by atoms with Crippen LogP contribution in [0.25, 0.3) is 5.69 Å². The number of benzene rings is 1. The third-order valence-electron chi connectivity index (χ3n) is 2.73. The molecule has 0 unspecified atom stereocenters. The first-order valence-electron chi connectivity index (χ1n) is 6.21. The van der Waals surface area contributed by atoms with Crippen molar-refractivity contribution in [3.05, 3.63) is 47.5 Å². The largest absolute Gasteiger partial charge is 0.313 e. The molecule has 0 spiro atoms. The van der Waals surface area contributed by atoms with Gasteiger partial charge in [-0.25, -0.2) is 9.07 Å². The van der Waals surface area contributed by atoms with Crippen molar-refractivity contribution in [3.8, 4) is 5.69 Å². The van der Waals surface area contributed by atoms with Crippen LogP contribution in [-0.4, -0.2) is 16.3 Å². The average Bonchev–Trinajstić information content (AvgIpc) is 2.76. The zero-order valence-electron chi connectivity index (χ0n) is 10.8. The molecule has 2 rings (SSSR count). The van der Waals surface area contributed by atoms with E-state index in [4.69, 9.17) is 0 Å². The van der Waals surface area contributed by atoms with Crippen LogP contribution in [0.3, 0.4) is 0 Å². The molecule has 0 aliphatic rings. The van der Waals surface area contributed by atoms with Crippen LogP contribution < -0.4 is 5.32 Å². The minimum absolute atomic E-state index is 0.242. The van der Waals surface area contributed by atoms with Gasteiger partial charge in [-0.3, -0.25) is 0 Å². The second kappa shape index (κ2) is 5.78. The second-order valence-corrected chi connectivity index (χ2v) is 4.42. The predicted octanol–water partition coefficient (Wildman–Crippen LogP) is 2.82. The van der Waals surface area contributed by atoms with Gasteiger partial charge in [-0.05, 0) is 43.1 Å². The molecule has 0 aliphatic heterocycles. The van der Waals surface area contributed by atoms with E-state index in [1.807, 2.05) is 19.2 Å². The number of hydrogen-bond donors (Lipinski definition) is 1. The number of aryl methyl sites for hydroxylation is 1. The van der Waals surface area contributed by atoms with Crippen LogP contribution >= 0.6 is 0 Å². The number of hydrogen-bond acceptors (Lipinski definition) is 2. The maximum atomic E-state index is 14.0. The Balaban J connectivity index is 2.15. The van der Waals surface area contributed by atoms with Crippen molar-refractivity contribution >= 4 is 0 Å². The fraction of sp³-hybridized carbons (Fsp3) is 0.357. The lowest BCUT2D eigenvalue weighted by molar-refractivity contribution is 0.604. The molecule has 0 fully saturated rings. The second-order valence-electron chi connectivity index (χ2n) is 4.42. The molecule has 4 heteroatoms. The van der Waals surface area contributed by atoms with E-state index in [9.17, 15) is 4.39 Å². The molecule has 1 aromatic carbocycles. The van der Waals surface area contributed by atoms with Crippen molar-refractivity contribution in [2.45, 2.75) is 26.8 Å². The number of nitrogens with zero attached hydrogens (tertiary/aromatic N) is 2. The van der Waals surface area contributed by atoms with Crippen LogP contribution in [0.2, 0.25) is 0 Å². The fourth-order valence-corrected chi connectivity index (χ4v) is 1.80. The van der Waals surface area contributed by atoms with Crippen LogP contribution in [-0.2, 0) is 6.54 Å². The number of aromatic nitrogens is 2. The Morgan fingerprint density at radius 2 is 2.22 bits per heavy atom. The Kier molecular flexibility index (Phi) is 4.10. The fourth-order valence-electron chi connectivity index (χ4n) is 1.80. The summed E-state index contributed by atoms with van der Waals surface area (Å²) in [6, 6.07) is 5.26. The quantitative estimate of drug-likeness (QED) is 0.823. The van der Waals surface area contributed by atoms with Crippen molar-refractivity contribution in [2.75, 3.05) is 6.54 Å². The summed E-state index contributed by atoms with van der Waals surface area (Å²) >= 11 is 0. The summed E-state index contributed by atoms with van der Waals surface area (Å²) in [6.07, 6.45) is 4.61. The highest BCUT2D eigenvalue weighted by Crippen LogP contribution is 2.15. The molecule has 96 valence electrons. The molecule has 1 aromatic heterocycles. The Morgan fingerprint density at radius 3 is 2.83 bits per heavy atom. The first kappa shape index (κ1) is 12.8. The summed E-state index contributed by atoms with van der Waals surface area (Å²) in [5.74, 6) is -0.242. The molecular weight excluding hydrogens is 229 g/mol. The van der Waals surface area contributed by atoms with E-state index in [1.165, 1.54) is 0 Å². The van der Waals surface area contributed by atoms with E-state index in [-0.39, 0.29) is 5.82 Å². The zero-order chi connectivity index (χ0) is 13.0. The van der Waals surface area contributed by atoms with Crippen LogP contribution in [0.4, 0.5) is 4.39 Å². The molecule has 18 heavy (non-hydrogen) atoms. The van der Waals surface area contributed by atoms with E-state index in [1.54, 1.807) is 23.0 Å². The van der Waals surface area contributed by atoms with Gasteiger partial charge in [0.05, 0.1) is 6.20 Å². The normalized spacial score (nSPS) is 10.8. The third kappa shape index (κ3) is 2.96. The lowest BCUT2D eigenvalue weighted by Gasteiger charge is -2.07. The van der Waals surface area contributed by atoms with Crippen molar-refractivity contribution in [3.63, 3.8) is 0 Å². The van der Waals surface area contributed by atoms with Gasteiger partial charge in [0.1, 0.15) is 11.5 Å². The summed E-state index contributed by atoms with van der Waals surface area (Å²) in [4.78, 5) is 0. The van der Waals surface area contributed by atoms with Crippen molar-refractivity contribution in [2.24, 2.45) is 0 Å². The molecule has 0 saturated heterocycles. The van der Waals surface area contributed by atoms with E-state index in [0.717, 1.165) is 24.1 Å². The summed E-state index contributed by atoms with van der Waals surface area (Å²) in [7, 11) is 0. The maximum absolute atomic E-state index is 14.0. The van der Waals surface area contributed by atoms with Gasteiger partial charge in [0.2, 0.25) is 0 Å². The number of nitrogens with one attached hydrogen (secondary N) is 1. The minimum Gasteiger partial charge on any atom is -0.313 e. The van der Waals surface area contributed by atoms with Crippen molar-refractivity contribution in [1.29, 1.82) is 0 Å². The summed E-state index contributed by atoms with van der Waals surface area (Å²) in [5.41, 5.74) is 2.46. The van der Waals surface area contributed by atoms with Gasteiger partial charge in [-0.15, -0.1) is 0 Å². The smallest absolute Gasteiger partial charge is 0.149 e.